The summed E-state index contributed by atoms with van der Waals surface area (Å²) in [4.78, 5) is 0. The Bertz CT molecular complexity index is 339. The molecule has 192 valence electrons. The Morgan fingerprint density at radius 2 is 0.839 bits per heavy atom. The highest BCUT2D eigenvalue weighted by molar-refractivity contribution is 8.57. The van der Waals surface area contributed by atoms with Crippen molar-refractivity contribution in [3.63, 3.8) is 0 Å². The molecule has 0 saturated carbocycles. The lowest BCUT2D eigenvalue weighted by Gasteiger charge is -2.24. The van der Waals surface area contributed by atoms with Gasteiger partial charge >= 0.3 is 13.2 Å². The van der Waals surface area contributed by atoms with Crippen LogP contribution in [0.3, 0.4) is 0 Å². The SMILES string of the molecule is CO[Si](C)(C)CCCS.CO[Si](CCCS)(SC)SC.CO[Si](CCCS)(SC)SC. The van der Waals surface area contributed by atoms with Gasteiger partial charge in [-0.1, -0.05) is 0 Å². The predicted molar refractivity (Wildman–Crippen MR) is 174 cm³/mol. The van der Waals surface area contributed by atoms with Crippen LogP contribution in [0.5, 0.6) is 0 Å². The van der Waals surface area contributed by atoms with E-state index in [1.807, 2.05) is 66.2 Å². The van der Waals surface area contributed by atoms with Crippen molar-refractivity contribution in [2.24, 2.45) is 0 Å². The Hall–Kier alpha value is 2.98. The molecule has 0 heterocycles. The van der Waals surface area contributed by atoms with Crippen molar-refractivity contribution in [3.05, 3.63) is 0 Å². The van der Waals surface area contributed by atoms with E-state index in [2.05, 4.69) is 76.0 Å². The van der Waals surface area contributed by atoms with Crippen molar-refractivity contribution in [1.29, 1.82) is 0 Å². The summed E-state index contributed by atoms with van der Waals surface area (Å²) in [5.41, 5.74) is 0. The predicted octanol–water partition coefficient (Wildman–Crippen LogP) is 7.39. The standard InChI is InChI=1S/2C6H16OS3Si.C6H16OSSi/c2*1-7-11(9-2,10-3)6-4-5-8;1-7-9(2,3)6-4-5-8/h2*8H,4-6H2,1-3H3;8H,4-6H2,1-3H3. The number of hydrogen-bond acceptors (Lipinski definition) is 10. The van der Waals surface area contributed by atoms with Crippen LogP contribution in [0.4, 0.5) is 0 Å². The van der Waals surface area contributed by atoms with Crippen molar-refractivity contribution < 1.29 is 13.3 Å². The molecule has 0 aliphatic rings. The summed E-state index contributed by atoms with van der Waals surface area (Å²) in [5.74, 6) is 2.93. The average Bonchev–Trinajstić information content (AvgIpc) is 2.81. The molecule has 0 saturated heterocycles. The van der Waals surface area contributed by atoms with E-state index >= 15 is 0 Å². The highest BCUT2D eigenvalue weighted by Crippen LogP contribution is 2.34. The van der Waals surface area contributed by atoms with E-state index in [0.717, 1.165) is 17.3 Å². The fourth-order valence-corrected chi connectivity index (χ4v) is 18.5. The van der Waals surface area contributed by atoms with Crippen LogP contribution in [0.15, 0.2) is 0 Å². The van der Waals surface area contributed by atoms with Gasteiger partial charge in [-0.05, 0) is 92.8 Å². The summed E-state index contributed by atoms with van der Waals surface area (Å²) in [6, 6.07) is 3.64. The van der Waals surface area contributed by atoms with E-state index in [4.69, 9.17) is 13.3 Å². The summed E-state index contributed by atoms with van der Waals surface area (Å²) >= 11 is 20.1. The van der Waals surface area contributed by atoms with Crippen molar-refractivity contribution in [2.45, 2.75) is 50.5 Å². The van der Waals surface area contributed by atoms with E-state index in [1.54, 1.807) is 0 Å². The second kappa shape index (κ2) is 24.7. The van der Waals surface area contributed by atoms with E-state index in [-0.39, 0.29) is 0 Å². The largest absolute Gasteiger partial charge is 0.420 e. The van der Waals surface area contributed by atoms with E-state index < -0.39 is 21.5 Å². The maximum atomic E-state index is 5.57. The Labute approximate surface area is 229 Å². The first-order valence-corrected chi connectivity index (χ1v) is 27.3. The monoisotopic (exact) mass is 620 g/mol. The van der Waals surface area contributed by atoms with Crippen molar-refractivity contribution in [1.82, 2.24) is 0 Å². The zero-order chi connectivity index (χ0) is 24.8. The van der Waals surface area contributed by atoms with Gasteiger partial charge in [0, 0.05) is 21.3 Å². The molecule has 0 unspecified atom stereocenters. The fourth-order valence-electron chi connectivity index (χ4n) is 2.31. The minimum atomic E-state index is -1.45. The van der Waals surface area contributed by atoms with Crippen LogP contribution in [0, 0.1) is 0 Å². The van der Waals surface area contributed by atoms with Gasteiger partial charge in [0.1, 0.15) is 0 Å². The molecule has 0 aromatic rings. The van der Waals surface area contributed by atoms with Crippen molar-refractivity contribution in [2.75, 3.05) is 63.6 Å². The highest BCUT2D eigenvalue weighted by atomic mass is 32.6. The molecule has 0 atom stereocenters. The molecule has 0 bridgehead atoms. The fraction of sp³-hybridized carbons (Fsp3) is 1.00. The third-order valence-corrected chi connectivity index (χ3v) is 31.8. The smallest absolute Gasteiger partial charge is 0.317 e. The first-order chi connectivity index (χ1) is 14.6. The molecule has 0 amide bonds. The van der Waals surface area contributed by atoms with Crippen LogP contribution < -0.4 is 0 Å². The topological polar surface area (TPSA) is 27.7 Å². The van der Waals surface area contributed by atoms with Crippen molar-refractivity contribution in [3.8, 4) is 0 Å². The molecule has 0 N–H and O–H groups in total. The maximum absolute atomic E-state index is 5.57. The number of thiol groups is 3. The highest BCUT2D eigenvalue weighted by Gasteiger charge is 2.32. The summed E-state index contributed by atoms with van der Waals surface area (Å²) in [6.07, 6.45) is 12.1. The normalized spacial score (nSPS) is 12.0. The molecule has 0 rings (SSSR count). The summed E-state index contributed by atoms with van der Waals surface area (Å²) in [6.45, 7) is 1.56. The van der Waals surface area contributed by atoms with Crippen LogP contribution >= 0.6 is 82.7 Å². The maximum Gasteiger partial charge on any atom is 0.317 e. The van der Waals surface area contributed by atoms with Gasteiger partial charge in [0.2, 0.25) is 0 Å². The summed E-state index contributed by atoms with van der Waals surface area (Å²) in [7, 11) is 4.23. The second-order valence-electron chi connectivity index (χ2n) is 7.04. The molecule has 13 heteroatoms. The van der Waals surface area contributed by atoms with Gasteiger partial charge in [0.15, 0.2) is 8.32 Å². The molecule has 0 fully saturated rings. The van der Waals surface area contributed by atoms with E-state index in [0.29, 0.717) is 0 Å². The molecule has 0 aliphatic heterocycles. The first kappa shape index (κ1) is 38.5. The number of hydrogen-bond donors (Lipinski definition) is 3. The molecule has 3 nitrogen and oxygen atoms in total. The van der Waals surface area contributed by atoms with Gasteiger partial charge in [0.25, 0.3) is 0 Å². The lowest BCUT2D eigenvalue weighted by Crippen LogP contribution is -2.28. The minimum absolute atomic E-state index is 0.971. The van der Waals surface area contributed by atoms with Crippen LogP contribution in [-0.2, 0) is 13.3 Å². The van der Waals surface area contributed by atoms with Crippen LogP contribution in [0.25, 0.3) is 0 Å². The van der Waals surface area contributed by atoms with Gasteiger partial charge in [-0.2, -0.15) is 37.9 Å². The molecule has 0 radical (unpaired) electrons. The zero-order valence-corrected chi connectivity index (χ0v) is 30.0. The summed E-state index contributed by atoms with van der Waals surface area (Å²) < 4.78 is 16.5. The molecular formula is C18H48O3S7Si3. The third-order valence-electron chi connectivity index (χ3n) is 4.64. The molecular weight excluding hydrogens is 573 g/mol. The van der Waals surface area contributed by atoms with E-state index in [9.17, 15) is 0 Å². The first-order valence-electron chi connectivity index (χ1n) is 10.3. The van der Waals surface area contributed by atoms with Gasteiger partial charge in [-0.15, -0.1) is 44.8 Å². The quantitative estimate of drug-likeness (QED) is 0.122. The lowest BCUT2D eigenvalue weighted by atomic mass is 10.6. The third kappa shape index (κ3) is 20.8. The van der Waals surface area contributed by atoms with Gasteiger partial charge in [-0.3, -0.25) is 0 Å². The lowest BCUT2D eigenvalue weighted by molar-refractivity contribution is 0.403. The van der Waals surface area contributed by atoms with Crippen molar-refractivity contribution >= 4 is 104 Å². The van der Waals surface area contributed by atoms with Crippen LogP contribution in [-0.4, -0.2) is 85.2 Å². The average molecular weight is 621 g/mol. The van der Waals surface area contributed by atoms with Crippen LogP contribution in [0.1, 0.15) is 19.3 Å². The Kier molecular flexibility index (Phi) is 30.6. The van der Waals surface area contributed by atoms with Gasteiger partial charge < -0.3 is 13.3 Å². The molecule has 31 heavy (non-hydrogen) atoms. The number of rotatable bonds is 16. The zero-order valence-electron chi connectivity index (χ0n) is 21.1. The molecule has 0 spiro atoms. The Balaban J connectivity index is -0.000000382. The minimum Gasteiger partial charge on any atom is -0.420 e. The second-order valence-corrected chi connectivity index (χ2v) is 33.3. The van der Waals surface area contributed by atoms with Gasteiger partial charge in [0.05, 0.1) is 0 Å². The molecule has 0 aromatic heterocycles. The molecule has 0 aromatic carbocycles. The molecule has 0 aliphatic carbocycles. The Morgan fingerprint density at radius 3 is 1.03 bits per heavy atom. The van der Waals surface area contributed by atoms with Crippen LogP contribution in [0.2, 0.25) is 31.2 Å². The van der Waals surface area contributed by atoms with E-state index in [1.165, 1.54) is 37.4 Å². The Morgan fingerprint density at radius 1 is 0.548 bits per heavy atom. The van der Waals surface area contributed by atoms with Gasteiger partial charge in [-0.25, -0.2) is 0 Å². The summed E-state index contributed by atoms with van der Waals surface area (Å²) in [5, 5.41) is 0.